The van der Waals surface area contributed by atoms with Gasteiger partial charge < -0.3 is 19.1 Å². The van der Waals surface area contributed by atoms with Crippen molar-refractivity contribution in [3.05, 3.63) is 0 Å². The summed E-state index contributed by atoms with van der Waals surface area (Å²) in [6.45, 7) is 7.08. The second kappa shape index (κ2) is 6.27. The number of nitrogens with zero attached hydrogens (tertiary/aromatic N) is 1. The largest absolute Gasteiger partial charge is 0.464 e. The van der Waals surface area contributed by atoms with Crippen LogP contribution < -0.4 is 0 Å². The van der Waals surface area contributed by atoms with E-state index in [4.69, 9.17) is 14.2 Å². The molecule has 0 N–H and O–H groups in total. The van der Waals surface area contributed by atoms with Crippen molar-refractivity contribution in [2.45, 2.75) is 63.0 Å². The standard InChI is InChI=1S/C15H21NO7S/c1-8(17)21-7-15(5)12(16-10(19)6-11(16)24-15)13(20)23-14(3,4)22-9(2)18/h11-12H,6-7H2,1-5H3/t11-,12+,15+/m1/s1. The summed E-state index contributed by atoms with van der Waals surface area (Å²) in [6.07, 6.45) is 0.331. The van der Waals surface area contributed by atoms with Gasteiger partial charge in [0.15, 0.2) is 0 Å². The Bertz CT molecular complexity index is 590. The minimum absolute atomic E-state index is 0.0267. The Balaban J connectivity index is 2.18. The number of hydrogen-bond donors (Lipinski definition) is 0. The van der Waals surface area contributed by atoms with E-state index in [2.05, 4.69) is 0 Å². The lowest BCUT2D eigenvalue weighted by Crippen LogP contribution is -2.59. The fourth-order valence-corrected chi connectivity index (χ4v) is 4.53. The molecule has 1 amide bonds. The van der Waals surface area contributed by atoms with Crippen LogP contribution >= 0.6 is 11.8 Å². The average Bonchev–Trinajstić information content (AvgIpc) is 2.63. The Hall–Kier alpha value is -1.77. The van der Waals surface area contributed by atoms with Gasteiger partial charge in [0.05, 0.1) is 16.5 Å². The zero-order valence-electron chi connectivity index (χ0n) is 14.3. The molecule has 0 bridgehead atoms. The van der Waals surface area contributed by atoms with E-state index < -0.39 is 34.5 Å². The molecule has 0 unspecified atom stereocenters. The first-order chi connectivity index (χ1) is 10.9. The van der Waals surface area contributed by atoms with E-state index in [0.717, 1.165) is 0 Å². The first kappa shape index (κ1) is 18.6. The molecule has 0 radical (unpaired) electrons. The maximum Gasteiger partial charge on any atom is 0.333 e. The molecule has 2 saturated heterocycles. The highest BCUT2D eigenvalue weighted by atomic mass is 32.2. The zero-order chi connectivity index (χ0) is 18.3. The van der Waals surface area contributed by atoms with E-state index in [9.17, 15) is 19.2 Å². The van der Waals surface area contributed by atoms with Crippen molar-refractivity contribution >= 4 is 35.6 Å². The molecular formula is C15H21NO7S. The van der Waals surface area contributed by atoms with E-state index >= 15 is 0 Å². The van der Waals surface area contributed by atoms with Crippen molar-refractivity contribution in [1.29, 1.82) is 0 Å². The van der Waals surface area contributed by atoms with Crippen molar-refractivity contribution in [2.75, 3.05) is 6.61 Å². The first-order valence-electron chi connectivity index (χ1n) is 7.50. The summed E-state index contributed by atoms with van der Waals surface area (Å²) in [6, 6.07) is -0.914. The Labute approximate surface area is 144 Å². The van der Waals surface area contributed by atoms with Gasteiger partial charge in [-0.25, -0.2) is 4.79 Å². The van der Waals surface area contributed by atoms with Crippen molar-refractivity contribution < 1.29 is 33.4 Å². The lowest BCUT2D eigenvalue weighted by Gasteiger charge is -2.38. The van der Waals surface area contributed by atoms with E-state index in [0.29, 0.717) is 6.42 Å². The number of ether oxygens (including phenoxy) is 3. The fraction of sp³-hybridized carbons (Fsp3) is 0.733. The molecule has 8 nitrogen and oxygen atoms in total. The molecule has 134 valence electrons. The third-order valence-corrected chi connectivity index (χ3v) is 5.28. The Morgan fingerprint density at radius 1 is 1.25 bits per heavy atom. The topological polar surface area (TPSA) is 99.2 Å². The molecule has 2 heterocycles. The number of thioether (sulfide) groups is 1. The third kappa shape index (κ3) is 3.66. The van der Waals surface area contributed by atoms with Crippen molar-refractivity contribution in [3.8, 4) is 0 Å². The molecule has 0 aromatic carbocycles. The number of fused-ring (bicyclic) bond motifs is 1. The number of rotatable bonds is 5. The van der Waals surface area contributed by atoms with Gasteiger partial charge in [-0.2, -0.15) is 0 Å². The van der Waals surface area contributed by atoms with Crippen LogP contribution in [0.15, 0.2) is 0 Å². The highest BCUT2D eigenvalue weighted by molar-refractivity contribution is 8.01. The van der Waals surface area contributed by atoms with Gasteiger partial charge in [0.25, 0.3) is 5.79 Å². The molecule has 0 aromatic heterocycles. The van der Waals surface area contributed by atoms with Gasteiger partial charge in [-0.05, 0) is 6.92 Å². The van der Waals surface area contributed by atoms with Crippen LogP contribution in [0.4, 0.5) is 0 Å². The van der Waals surface area contributed by atoms with Crippen molar-refractivity contribution in [2.24, 2.45) is 0 Å². The first-order valence-corrected chi connectivity index (χ1v) is 8.38. The average molecular weight is 359 g/mol. The second-order valence-electron chi connectivity index (χ2n) is 6.49. The normalized spacial score (nSPS) is 28.7. The quantitative estimate of drug-likeness (QED) is 0.404. The molecular weight excluding hydrogens is 338 g/mol. The molecule has 2 rings (SSSR count). The van der Waals surface area contributed by atoms with Gasteiger partial charge in [0.1, 0.15) is 12.6 Å². The van der Waals surface area contributed by atoms with Gasteiger partial charge in [-0.15, -0.1) is 11.8 Å². The number of esters is 3. The van der Waals surface area contributed by atoms with Crippen molar-refractivity contribution in [1.82, 2.24) is 4.90 Å². The summed E-state index contributed by atoms with van der Waals surface area (Å²) in [4.78, 5) is 48.3. The van der Waals surface area contributed by atoms with Crippen LogP contribution in [0.25, 0.3) is 0 Å². The smallest absolute Gasteiger partial charge is 0.333 e. The van der Waals surface area contributed by atoms with E-state index in [1.54, 1.807) is 6.92 Å². The molecule has 0 aromatic rings. The molecule has 2 aliphatic rings. The van der Waals surface area contributed by atoms with Crippen molar-refractivity contribution in [3.63, 3.8) is 0 Å². The van der Waals surface area contributed by atoms with Crippen LogP contribution in [-0.2, 0) is 33.4 Å². The summed E-state index contributed by atoms with van der Waals surface area (Å²) in [5.74, 6) is -3.37. The fourth-order valence-electron chi connectivity index (χ4n) is 2.87. The number of β-lactam (4-membered cyclic amide) rings is 1. The minimum atomic E-state index is -1.46. The SMILES string of the molecule is CC(=O)OC[C@]1(C)S[C@@H]2CC(=O)N2[C@H]1C(=O)OC(C)(C)OC(C)=O. The third-order valence-electron chi connectivity index (χ3n) is 3.73. The summed E-state index contributed by atoms with van der Waals surface area (Å²) < 4.78 is 14.5. The zero-order valence-corrected chi connectivity index (χ0v) is 15.1. The van der Waals surface area contributed by atoms with E-state index in [-0.39, 0.29) is 17.9 Å². The van der Waals surface area contributed by atoms with Crippen LogP contribution in [-0.4, -0.2) is 57.3 Å². The summed E-state index contributed by atoms with van der Waals surface area (Å²) in [5, 5.41) is -0.146. The molecule has 2 aliphatic heterocycles. The van der Waals surface area contributed by atoms with E-state index in [1.807, 2.05) is 0 Å². The number of amides is 1. The highest BCUT2D eigenvalue weighted by Gasteiger charge is 2.62. The second-order valence-corrected chi connectivity index (χ2v) is 8.20. The molecule has 2 fully saturated rings. The maximum atomic E-state index is 12.7. The Morgan fingerprint density at radius 2 is 1.88 bits per heavy atom. The minimum Gasteiger partial charge on any atom is -0.464 e. The predicted octanol–water partition coefficient (Wildman–Crippen LogP) is 0.824. The lowest BCUT2D eigenvalue weighted by atomic mass is 9.97. The number of carbonyl (C=O) groups is 4. The molecule has 3 atom stereocenters. The highest BCUT2D eigenvalue weighted by Crippen LogP contribution is 2.51. The van der Waals surface area contributed by atoms with Crippen LogP contribution in [0.1, 0.15) is 41.0 Å². The summed E-state index contributed by atoms with van der Waals surface area (Å²) in [7, 11) is 0. The van der Waals surface area contributed by atoms with Gasteiger partial charge >= 0.3 is 17.9 Å². The summed E-state index contributed by atoms with van der Waals surface area (Å²) >= 11 is 1.40. The monoisotopic (exact) mass is 359 g/mol. The van der Waals surface area contributed by atoms with Crippen LogP contribution in [0.5, 0.6) is 0 Å². The van der Waals surface area contributed by atoms with Gasteiger partial charge in [0.2, 0.25) is 5.91 Å². The maximum absolute atomic E-state index is 12.7. The molecule has 0 aliphatic carbocycles. The number of hydrogen-bond acceptors (Lipinski definition) is 8. The molecule has 0 saturated carbocycles. The molecule has 9 heteroatoms. The van der Waals surface area contributed by atoms with Crippen LogP contribution in [0, 0.1) is 0 Å². The number of carbonyl (C=O) groups excluding carboxylic acids is 4. The molecule has 24 heavy (non-hydrogen) atoms. The Morgan fingerprint density at radius 3 is 2.38 bits per heavy atom. The molecule has 0 spiro atoms. The van der Waals surface area contributed by atoms with Gasteiger partial charge in [-0.1, -0.05) is 0 Å². The predicted molar refractivity (Wildman–Crippen MR) is 83.6 cm³/mol. The van der Waals surface area contributed by atoms with Gasteiger partial charge in [-0.3, -0.25) is 14.4 Å². The van der Waals surface area contributed by atoms with Crippen LogP contribution in [0.3, 0.4) is 0 Å². The lowest BCUT2D eigenvalue weighted by molar-refractivity contribution is -0.220. The van der Waals surface area contributed by atoms with Gasteiger partial charge in [0, 0.05) is 27.7 Å². The summed E-state index contributed by atoms with van der Waals surface area (Å²) in [5.41, 5.74) is 0. The van der Waals surface area contributed by atoms with E-state index in [1.165, 1.54) is 44.4 Å². The Kier molecular flexibility index (Phi) is 4.85. The van der Waals surface area contributed by atoms with Crippen LogP contribution in [0.2, 0.25) is 0 Å².